The SMILES string of the molecule is C=C(C)[C@@H]1OCCC[C@H]1C(=O)NNC(=O)Nc1ccc(OC(F)F)cc1. The molecule has 26 heavy (non-hydrogen) atoms. The Morgan fingerprint density at radius 3 is 2.58 bits per heavy atom. The van der Waals surface area contributed by atoms with Gasteiger partial charge in [0, 0.05) is 12.3 Å². The summed E-state index contributed by atoms with van der Waals surface area (Å²) < 4.78 is 33.9. The first-order valence-electron chi connectivity index (χ1n) is 8.05. The molecule has 1 fully saturated rings. The van der Waals surface area contributed by atoms with Gasteiger partial charge in [-0.1, -0.05) is 12.2 Å². The van der Waals surface area contributed by atoms with Crippen molar-refractivity contribution in [1.29, 1.82) is 0 Å². The number of carbonyl (C=O) groups excluding carboxylic acids is 2. The van der Waals surface area contributed by atoms with Crippen molar-refractivity contribution in [1.82, 2.24) is 10.9 Å². The molecule has 0 unspecified atom stereocenters. The number of rotatable bonds is 5. The number of benzene rings is 1. The van der Waals surface area contributed by atoms with Crippen molar-refractivity contribution in [2.24, 2.45) is 5.92 Å². The number of urea groups is 1. The maximum atomic E-state index is 12.3. The van der Waals surface area contributed by atoms with Gasteiger partial charge in [0.2, 0.25) is 5.91 Å². The third-order valence-electron chi connectivity index (χ3n) is 3.78. The molecule has 0 radical (unpaired) electrons. The summed E-state index contributed by atoms with van der Waals surface area (Å²) in [6.07, 6.45) is 1.01. The minimum atomic E-state index is -2.92. The van der Waals surface area contributed by atoms with Gasteiger partial charge in [-0.15, -0.1) is 0 Å². The van der Waals surface area contributed by atoms with Gasteiger partial charge in [0.1, 0.15) is 5.75 Å². The zero-order valence-electron chi connectivity index (χ0n) is 14.3. The fraction of sp³-hybridized carbons (Fsp3) is 0.412. The van der Waals surface area contributed by atoms with Crippen LogP contribution >= 0.6 is 0 Å². The van der Waals surface area contributed by atoms with E-state index in [1.54, 1.807) is 6.92 Å². The second-order valence-corrected chi connectivity index (χ2v) is 5.86. The number of hydrogen-bond donors (Lipinski definition) is 3. The molecule has 2 atom stereocenters. The monoisotopic (exact) mass is 369 g/mol. The summed E-state index contributed by atoms with van der Waals surface area (Å²) in [6.45, 7) is 3.27. The summed E-state index contributed by atoms with van der Waals surface area (Å²) in [5.74, 6) is -0.816. The van der Waals surface area contributed by atoms with E-state index in [-0.39, 0.29) is 17.8 Å². The van der Waals surface area contributed by atoms with E-state index in [0.29, 0.717) is 18.7 Å². The quantitative estimate of drug-likeness (QED) is 0.550. The van der Waals surface area contributed by atoms with E-state index in [1.165, 1.54) is 24.3 Å². The van der Waals surface area contributed by atoms with Crippen molar-refractivity contribution in [3.63, 3.8) is 0 Å². The van der Waals surface area contributed by atoms with Crippen LogP contribution in [0.3, 0.4) is 0 Å². The van der Waals surface area contributed by atoms with Crippen LogP contribution in [0.1, 0.15) is 19.8 Å². The summed E-state index contributed by atoms with van der Waals surface area (Å²) in [7, 11) is 0. The Morgan fingerprint density at radius 1 is 1.27 bits per heavy atom. The van der Waals surface area contributed by atoms with Crippen LogP contribution < -0.4 is 20.9 Å². The van der Waals surface area contributed by atoms with Gasteiger partial charge in [0.15, 0.2) is 0 Å². The predicted molar refractivity (Wildman–Crippen MR) is 90.6 cm³/mol. The van der Waals surface area contributed by atoms with E-state index in [0.717, 1.165) is 12.0 Å². The van der Waals surface area contributed by atoms with Crippen LogP contribution in [0.25, 0.3) is 0 Å². The van der Waals surface area contributed by atoms with Crippen LogP contribution in [-0.4, -0.2) is 31.3 Å². The largest absolute Gasteiger partial charge is 0.435 e. The summed E-state index contributed by atoms with van der Waals surface area (Å²) in [5, 5.41) is 2.46. The predicted octanol–water partition coefficient (Wildman–Crippen LogP) is 2.81. The smallest absolute Gasteiger partial charge is 0.387 e. The molecule has 0 aromatic heterocycles. The Balaban J connectivity index is 1.82. The number of alkyl halides is 2. The Morgan fingerprint density at radius 2 is 1.96 bits per heavy atom. The number of amides is 3. The number of carbonyl (C=O) groups is 2. The lowest BCUT2D eigenvalue weighted by molar-refractivity contribution is -0.133. The average Bonchev–Trinajstić information content (AvgIpc) is 2.61. The second-order valence-electron chi connectivity index (χ2n) is 5.86. The van der Waals surface area contributed by atoms with E-state index in [4.69, 9.17) is 4.74 Å². The van der Waals surface area contributed by atoms with Crippen LogP contribution in [0.2, 0.25) is 0 Å². The molecule has 1 aromatic carbocycles. The summed E-state index contributed by atoms with van der Waals surface area (Å²) in [5.41, 5.74) is 5.69. The molecule has 0 spiro atoms. The summed E-state index contributed by atoms with van der Waals surface area (Å²) in [4.78, 5) is 24.1. The molecule has 9 heteroatoms. The van der Waals surface area contributed by atoms with Gasteiger partial charge in [-0.05, 0) is 44.0 Å². The molecule has 7 nitrogen and oxygen atoms in total. The number of hydrogen-bond acceptors (Lipinski definition) is 4. The normalized spacial score (nSPS) is 19.5. The molecular weight excluding hydrogens is 348 g/mol. The lowest BCUT2D eigenvalue weighted by Gasteiger charge is -2.31. The number of halogens is 2. The molecule has 1 aliphatic rings. The highest BCUT2D eigenvalue weighted by molar-refractivity contribution is 5.91. The van der Waals surface area contributed by atoms with Gasteiger partial charge in [-0.25, -0.2) is 10.2 Å². The highest BCUT2D eigenvalue weighted by Crippen LogP contribution is 2.25. The van der Waals surface area contributed by atoms with E-state index < -0.39 is 18.6 Å². The first-order valence-corrected chi connectivity index (χ1v) is 8.05. The molecule has 0 saturated carbocycles. The maximum Gasteiger partial charge on any atom is 0.387 e. The lowest BCUT2D eigenvalue weighted by Crippen LogP contribution is -2.50. The topological polar surface area (TPSA) is 88.7 Å². The van der Waals surface area contributed by atoms with Gasteiger partial charge in [-0.2, -0.15) is 8.78 Å². The van der Waals surface area contributed by atoms with Crippen molar-refractivity contribution in [2.75, 3.05) is 11.9 Å². The van der Waals surface area contributed by atoms with E-state index in [2.05, 4.69) is 27.5 Å². The zero-order valence-corrected chi connectivity index (χ0v) is 14.3. The minimum absolute atomic E-state index is 0.0256. The Hall–Kier alpha value is -2.68. The molecule has 0 bridgehead atoms. The van der Waals surface area contributed by atoms with Gasteiger partial charge in [-0.3, -0.25) is 10.2 Å². The number of anilines is 1. The molecule has 1 heterocycles. The fourth-order valence-corrected chi connectivity index (χ4v) is 2.63. The van der Waals surface area contributed by atoms with E-state index in [1.807, 2.05) is 0 Å². The Labute approximate surface area is 149 Å². The van der Waals surface area contributed by atoms with Crippen molar-refractivity contribution in [3.8, 4) is 5.75 Å². The van der Waals surface area contributed by atoms with E-state index >= 15 is 0 Å². The number of nitrogens with one attached hydrogen (secondary N) is 3. The molecule has 2 rings (SSSR count). The van der Waals surface area contributed by atoms with Gasteiger partial charge < -0.3 is 14.8 Å². The van der Waals surface area contributed by atoms with Crippen molar-refractivity contribution < 1.29 is 27.8 Å². The molecule has 1 aromatic rings. The zero-order chi connectivity index (χ0) is 19.1. The first-order chi connectivity index (χ1) is 12.4. The summed E-state index contributed by atoms with van der Waals surface area (Å²) in [6, 6.07) is 4.69. The van der Waals surface area contributed by atoms with Crippen LogP contribution in [-0.2, 0) is 9.53 Å². The number of ether oxygens (including phenoxy) is 2. The number of hydrazine groups is 1. The Kier molecular flexibility index (Phi) is 6.90. The van der Waals surface area contributed by atoms with Crippen LogP contribution in [0.5, 0.6) is 5.75 Å². The highest BCUT2D eigenvalue weighted by Gasteiger charge is 2.32. The van der Waals surface area contributed by atoms with Crippen molar-refractivity contribution in [2.45, 2.75) is 32.5 Å². The maximum absolute atomic E-state index is 12.3. The molecule has 142 valence electrons. The summed E-state index contributed by atoms with van der Waals surface area (Å²) >= 11 is 0. The molecular formula is C17H21F2N3O4. The molecule has 3 N–H and O–H groups in total. The highest BCUT2D eigenvalue weighted by atomic mass is 19.3. The van der Waals surface area contributed by atoms with Gasteiger partial charge in [0.05, 0.1) is 12.0 Å². The molecule has 1 saturated heterocycles. The van der Waals surface area contributed by atoms with Crippen molar-refractivity contribution >= 4 is 17.6 Å². The molecule has 1 aliphatic heterocycles. The molecule has 0 aliphatic carbocycles. The first kappa shape index (κ1) is 19.6. The van der Waals surface area contributed by atoms with E-state index in [9.17, 15) is 18.4 Å². The van der Waals surface area contributed by atoms with Crippen LogP contribution in [0.15, 0.2) is 36.4 Å². The lowest BCUT2D eigenvalue weighted by atomic mass is 9.90. The molecule has 3 amide bonds. The Bertz CT molecular complexity index is 652. The second kappa shape index (κ2) is 9.14. The third kappa shape index (κ3) is 5.69. The fourth-order valence-electron chi connectivity index (χ4n) is 2.63. The van der Waals surface area contributed by atoms with Crippen LogP contribution in [0, 0.1) is 5.92 Å². The van der Waals surface area contributed by atoms with Gasteiger partial charge in [0.25, 0.3) is 0 Å². The standard InChI is InChI=1S/C17H21F2N3O4/c1-10(2)14-13(4-3-9-25-14)15(23)21-22-17(24)20-11-5-7-12(8-6-11)26-16(18)19/h5-8,13-14,16H,1,3-4,9H2,2H3,(H,21,23)(H2,20,22,24)/t13-,14+/m1/s1. The van der Waals surface area contributed by atoms with Gasteiger partial charge >= 0.3 is 12.6 Å². The minimum Gasteiger partial charge on any atom is -0.435 e. The van der Waals surface area contributed by atoms with Crippen LogP contribution in [0.4, 0.5) is 19.3 Å². The average molecular weight is 369 g/mol. The van der Waals surface area contributed by atoms with Crippen molar-refractivity contribution in [3.05, 3.63) is 36.4 Å². The third-order valence-corrected chi connectivity index (χ3v) is 3.78.